The van der Waals surface area contributed by atoms with Crippen molar-refractivity contribution in [3.63, 3.8) is 0 Å². The van der Waals surface area contributed by atoms with E-state index in [1.54, 1.807) is 6.07 Å². The highest BCUT2D eigenvalue weighted by atomic mass is 16.6. The van der Waals surface area contributed by atoms with Gasteiger partial charge in [-0.15, -0.1) is 0 Å². The molecule has 0 atom stereocenters. The van der Waals surface area contributed by atoms with Gasteiger partial charge >= 0.3 is 5.69 Å². The summed E-state index contributed by atoms with van der Waals surface area (Å²) in [6.07, 6.45) is 3.07. The Morgan fingerprint density at radius 3 is 2.50 bits per heavy atom. The quantitative estimate of drug-likeness (QED) is 0.533. The van der Waals surface area contributed by atoms with Crippen LogP contribution in [0.3, 0.4) is 0 Å². The number of pyridine rings is 1. The van der Waals surface area contributed by atoms with Gasteiger partial charge in [0.2, 0.25) is 5.82 Å². The molecule has 0 aliphatic carbocycles. The van der Waals surface area contributed by atoms with Crippen molar-refractivity contribution in [1.82, 2.24) is 4.98 Å². The molecule has 1 aromatic heterocycles. The van der Waals surface area contributed by atoms with Gasteiger partial charge in [-0.3, -0.25) is 10.1 Å². The molecule has 0 saturated heterocycles. The molecule has 0 saturated carbocycles. The molecule has 0 fully saturated rings. The average molecular weight is 280 g/mol. The molecule has 0 aliphatic heterocycles. The van der Waals surface area contributed by atoms with E-state index in [1.165, 1.54) is 6.07 Å². The second-order valence-electron chi connectivity index (χ2n) is 4.81. The first-order valence-corrected chi connectivity index (χ1v) is 7.25. The summed E-state index contributed by atoms with van der Waals surface area (Å²) in [6.45, 7) is 7.81. The zero-order valence-electron chi connectivity index (χ0n) is 12.5. The predicted molar refractivity (Wildman–Crippen MR) is 82.2 cm³/mol. The van der Waals surface area contributed by atoms with Crippen LogP contribution in [0.4, 0.5) is 17.3 Å². The first-order chi connectivity index (χ1) is 9.62. The molecule has 1 heterocycles. The van der Waals surface area contributed by atoms with Crippen LogP contribution in [0.5, 0.6) is 0 Å². The molecule has 6 heteroatoms. The van der Waals surface area contributed by atoms with Crippen LogP contribution >= 0.6 is 0 Å². The van der Waals surface area contributed by atoms with Crippen LogP contribution in [-0.2, 0) is 0 Å². The SMILES string of the molecule is CCCNc1ccc([N+](=O)[O-])c(NCC(CC)CC)n1. The minimum atomic E-state index is -0.397. The number of aromatic nitrogens is 1. The molecule has 112 valence electrons. The summed E-state index contributed by atoms with van der Waals surface area (Å²) in [7, 11) is 0. The molecule has 2 N–H and O–H groups in total. The number of nitrogens with one attached hydrogen (secondary N) is 2. The third kappa shape index (κ3) is 4.68. The maximum absolute atomic E-state index is 11.0. The van der Waals surface area contributed by atoms with Gasteiger partial charge in [-0.2, -0.15) is 0 Å². The Morgan fingerprint density at radius 2 is 1.95 bits per heavy atom. The summed E-state index contributed by atoms with van der Waals surface area (Å²) in [6, 6.07) is 3.15. The Labute approximate surface area is 120 Å². The fourth-order valence-corrected chi connectivity index (χ4v) is 1.90. The Balaban J connectivity index is 2.85. The molecule has 0 spiro atoms. The summed E-state index contributed by atoms with van der Waals surface area (Å²) in [5.41, 5.74) is 0.0259. The van der Waals surface area contributed by atoms with E-state index in [-0.39, 0.29) is 5.69 Å². The fraction of sp³-hybridized carbons (Fsp3) is 0.643. The third-order valence-electron chi connectivity index (χ3n) is 3.34. The molecule has 1 aromatic rings. The van der Waals surface area contributed by atoms with Crippen molar-refractivity contribution in [3.8, 4) is 0 Å². The molecule has 0 unspecified atom stereocenters. The number of nitrogens with zero attached hydrogens (tertiary/aromatic N) is 2. The summed E-state index contributed by atoms with van der Waals surface area (Å²) in [4.78, 5) is 14.9. The summed E-state index contributed by atoms with van der Waals surface area (Å²) in [5, 5.41) is 17.3. The normalized spacial score (nSPS) is 10.6. The molecule has 0 aromatic carbocycles. The molecule has 0 bridgehead atoms. The number of hydrogen-bond donors (Lipinski definition) is 2. The van der Waals surface area contributed by atoms with Crippen LogP contribution < -0.4 is 10.6 Å². The molecule has 0 radical (unpaired) electrons. The van der Waals surface area contributed by atoms with Crippen LogP contribution in [0.2, 0.25) is 0 Å². The Hall–Kier alpha value is -1.85. The minimum Gasteiger partial charge on any atom is -0.370 e. The zero-order chi connectivity index (χ0) is 15.0. The molecular formula is C14H24N4O2. The lowest BCUT2D eigenvalue weighted by atomic mass is 10.0. The molecule has 6 nitrogen and oxygen atoms in total. The van der Waals surface area contributed by atoms with Crippen molar-refractivity contribution in [1.29, 1.82) is 0 Å². The van der Waals surface area contributed by atoms with Gasteiger partial charge in [0.1, 0.15) is 5.82 Å². The van der Waals surface area contributed by atoms with Crippen LogP contribution in [-0.4, -0.2) is 23.0 Å². The van der Waals surface area contributed by atoms with Crippen molar-refractivity contribution in [3.05, 3.63) is 22.2 Å². The maximum Gasteiger partial charge on any atom is 0.311 e. The standard InChI is InChI=1S/C14H24N4O2/c1-4-9-15-13-8-7-12(18(19)20)14(17-13)16-10-11(5-2)6-3/h7-8,11H,4-6,9-10H2,1-3H3,(H2,15,16,17). The summed E-state index contributed by atoms with van der Waals surface area (Å²) in [5.74, 6) is 1.52. The van der Waals surface area contributed by atoms with Gasteiger partial charge in [-0.1, -0.05) is 33.6 Å². The van der Waals surface area contributed by atoms with Gasteiger partial charge in [0.15, 0.2) is 0 Å². The van der Waals surface area contributed by atoms with Crippen LogP contribution in [0.25, 0.3) is 0 Å². The van der Waals surface area contributed by atoms with Gasteiger partial charge in [-0.25, -0.2) is 4.98 Å². The number of anilines is 2. The summed E-state index contributed by atoms with van der Waals surface area (Å²) < 4.78 is 0. The summed E-state index contributed by atoms with van der Waals surface area (Å²) >= 11 is 0. The molecular weight excluding hydrogens is 256 g/mol. The number of hydrogen-bond acceptors (Lipinski definition) is 5. The predicted octanol–water partition coefficient (Wildman–Crippen LogP) is 3.66. The number of rotatable bonds is 9. The minimum absolute atomic E-state index is 0.0259. The van der Waals surface area contributed by atoms with Gasteiger partial charge in [0.25, 0.3) is 0 Å². The van der Waals surface area contributed by atoms with Gasteiger partial charge in [0.05, 0.1) is 4.92 Å². The van der Waals surface area contributed by atoms with Gasteiger partial charge in [-0.05, 0) is 18.4 Å². The lowest BCUT2D eigenvalue weighted by Gasteiger charge is -2.14. The monoisotopic (exact) mass is 280 g/mol. The van der Waals surface area contributed by atoms with Crippen molar-refractivity contribution >= 4 is 17.3 Å². The molecule has 0 amide bonds. The van der Waals surface area contributed by atoms with E-state index in [1.807, 2.05) is 0 Å². The highest BCUT2D eigenvalue weighted by Crippen LogP contribution is 2.24. The second-order valence-corrected chi connectivity index (χ2v) is 4.81. The highest BCUT2D eigenvalue weighted by Gasteiger charge is 2.16. The van der Waals surface area contributed by atoms with Crippen molar-refractivity contribution in [2.75, 3.05) is 23.7 Å². The highest BCUT2D eigenvalue weighted by molar-refractivity contribution is 5.60. The van der Waals surface area contributed by atoms with Crippen LogP contribution in [0.15, 0.2) is 12.1 Å². The number of nitro groups is 1. The van der Waals surface area contributed by atoms with E-state index in [4.69, 9.17) is 0 Å². The smallest absolute Gasteiger partial charge is 0.311 e. The first-order valence-electron chi connectivity index (χ1n) is 7.25. The van der Waals surface area contributed by atoms with Gasteiger partial charge < -0.3 is 10.6 Å². The molecule has 20 heavy (non-hydrogen) atoms. The topological polar surface area (TPSA) is 80.1 Å². The van der Waals surface area contributed by atoms with E-state index >= 15 is 0 Å². The van der Waals surface area contributed by atoms with Crippen molar-refractivity contribution < 1.29 is 4.92 Å². The Kier molecular flexibility index (Phi) is 6.76. The first kappa shape index (κ1) is 16.2. The van der Waals surface area contributed by atoms with E-state index in [0.717, 1.165) is 25.8 Å². The largest absolute Gasteiger partial charge is 0.370 e. The Bertz CT molecular complexity index is 433. The zero-order valence-corrected chi connectivity index (χ0v) is 12.5. The average Bonchev–Trinajstić information content (AvgIpc) is 2.46. The Morgan fingerprint density at radius 1 is 1.25 bits per heavy atom. The van der Waals surface area contributed by atoms with Crippen LogP contribution in [0, 0.1) is 16.0 Å². The lowest BCUT2D eigenvalue weighted by Crippen LogP contribution is -2.15. The van der Waals surface area contributed by atoms with Crippen molar-refractivity contribution in [2.45, 2.75) is 40.0 Å². The maximum atomic E-state index is 11.0. The van der Waals surface area contributed by atoms with E-state index in [2.05, 4.69) is 36.4 Å². The molecule has 0 aliphatic rings. The van der Waals surface area contributed by atoms with E-state index in [0.29, 0.717) is 24.1 Å². The lowest BCUT2D eigenvalue weighted by molar-refractivity contribution is -0.384. The second kappa shape index (κ2) is 8.35. The van der Waals surface area contributed by atoms with Gasteiger partial charge in [0, 0.05) is 19.2 Å². The third-order valence-corrected chi connectivity index (χ3v) is 3.34. The van der Waals surface area contributed by atoms with Crippen LogP contribution in [0.1, 0.15) is 40.0 Å². The van der Waals surface area contributed by atoms with Crippen molar-refractivity contribution in [2.24, 2.45) is 5.92 Å². The van der Waals surface area contributed by atoms with E-state index < -0.39 is 4.92 Å². The molecule has 1 rings (SSSR count). The fourth-order valence-electron chi connectivity index (χ4n) is 1.90. The van der Waals surface area contributed by atoms with E-state index in [9.17, 15) is 10.1 Å².